The van der Waals surface area contributed by atoms with Crippen LogP contribution >= 0.6 is 11.3 Å². The highest BCUT2D eigenvalue weighted by Gasteiger charge is 2.09. The fourth-order valence-corrected chi connectivity index (χ4v) is 2.43. The standard InChI is InChI=1S/C14H18N2OS/c1-9-4-5-12(11(3)15)13(6-9)17-7-14-16-10(2)8-18-14/h4-6,8,11H,7,15H2,1-3H3/t11-/m1/s1. The number of thiazole rings is 1. The summed E-state index contributed by atoms with van der Waals surface area (Å²) in [6, 6.07) is 6.08. The Hall–Kier alpha value is -1.39. The van der Waals surface area contributed by atoms with E-state index in [1.807, 2.05) is 38.3 Å². The van der Waals surface area contributed by atoms with Gasteiger partial charge >= 0.3 is 0 Å². The third-order valence-electron chi connectivity index (χ3n) is 2.68. The van der Waals surface area contributed by atoms with E-state index in [9.17, 15) is 0 Å². The molecule has 18 heavy (non-hydrogen) atoms. The molecule has 0 aliphatic heterocycles. The number of benzene rings is 1. The summed E-state index contributed by atoms with van der Waals surface area (Å²) < 4.78 is 5.85. The van der Waals surface area contributed by atoms with E-state index < -0.39 is 0 Å². The topological polar surface area (TPSA) is 48.1 Å². The molecule has 0 aliphatic rings. The lowest BCUT2D eigenvalue weighted by Gasteiger charge is -2.14. The molecule has 0 saturated carbocycles. The summed E-state index contributed by atoms with van der Waals surface area (Å²) in [4.78, 5) is 4.38. The Balaban J connectivity index is 2.15. The Labute approximate surface area is 112 Å². The average molecular weight is 262 g/mol. The molecule has 2 rings (SSSR count). The van der Waals surface area contributed by atoms with Gasteiger partial charge in [0.15, 0.2) is 0 Å². The maximum absolute atomic E-state index is 5.94. The maximum Gasteiger partial charge on any atom is 0.140 e. The predicted molar refractivity (Wildman–Crippen MR) is 75.0 cm³/mol. The van der Waals surface area contributed by atoms with Gasteiger partial charge in [0.1, 0.15) is 17.4 Å². The fraction of sp³-hybridized carbons (Fsp3) is 0.357. The van der Waals surface area contributed by atoms with E-state index in [-0.39, 0.29) is 6.04 Å². The normalized spacial score (nSPS) is 12.4. The van der Waals surface area contributed by atoms with E-state index in [0.29, 0.717) is 6.61 Å². The van der Waals surface area contributed by atoms with Crippen LogP contribution in [0.3, 0.4) is 0 Å². The Bertz CT molecular complexity index is 534. The third-order valence-corrected chi connectivity index (χ3v) is 3.62. The zero-order chi connectivity index (χ0) is 13.1. The summed E-state index contributed by atoms with van der Waals surface area (Å²) in [5, 5.41) is 3.02. The van der Waals surface area contributed by atoms with Crippen LogP contribution in [0.25, 0.3) is 0 Å². The minimum Gasteiger partial charge on any atom is -0.486 e. The van der Waals surface area contributed by atoms with Gasteiger partial charge in [-0.05, 0) is 32.4 Å². The van der Waals surface area contributed by atoms with E-state index in [1.165, 1.54) is 5.56 Å². The molecule has 2 N–H and O–H groups in total. The van der Waals surface area contributed by atoms with Crippen LogP contribution in [-0.4, -0.2) is 4.98 Å². The minimum atomic E-state index is -0.0290. The Morgan fingerprint density at radius 1 is 1.39 bits per heavy atom. The van der Waals surface area contributed by atoms with Gasteiger partial charge in [0, 0.05) is 22.7 Å². The van der Waals surface area contributed by atoms with Crippen molar-refractivity contribution in [3.63, 3.8) is 0 Å². The molecule has 1 atom stereocenters. The molecule has 0 fully saturated rings. The second-order valence-corrected chi connectivity index (χ2v) is 5.44. The molecule has 0 bridgehead atoms. The summed E-state index contributed by atoms with van der Waals surface area (Å²) in [5.41, 5.74) is 9.19. The predicted octanol–water partition coefficient (Wildman–Crippen LogP) is 3.36. The molecule has 0 radical (unpaired) electrons. The lowest BCUT2D eigenvalue weighted by Crippen LogP contribution is -2.08. The lowest BCUT2D eigenvalue weighted by molar-refractivity contribution is 0.300. The van der Waals surface area contributed by atoms with Crippen molar-refractivity contribution >= 4 is 11.3 Å². The summed E-state index contributed by atoms with van der Waals surface area (Å²) >= 11 is 1.62. The molecular weight excluding hydrogens is 244 g/mol. The second-order valence-electron chi connectivity index (χ2n) is 4.50. The number of nitrogens with two attached hydrogens (primary N) is 1. The molecule has 1 aromatic heterocycles. The summed E-state index contributed by atoms with van der Waals surface area (Å²) in [6.07, 6.45) is 0. The Morgan fingerprint density at radius 3 is 2.78 bits per heavy atom. The Kier molecular flexibility index (Phi) is 3.99. The summed E-state index contributed by atoms with van der Waals surface area (Å²) in [7, 11) is 0. The van der Waals surface area contributed by atoms with Crippen LogP contribution in [0.1, 0.15) is 34.8 Å². The highest BCUT2D eigenvalue weighted by molar-refractivity contribution is 7.09. The molecule has 0 saturated heterocycles. The van der Waals surface area contributed by atoms with Gasteiger partial charge in [-0.1, -0.05) is 12.1 Å². The van der Waals surface area contributed by atoms with Gasteiger partial charge in [-0.2, -0.15) is 0 Å². The van der Waals surface area contributed by atoms with Gasteiger partial charge < -0.3 is 10.5 Å². The monoisotopic (exact) mass is 262 g/mol. The zero-order valence-corrected chi connectivity index (χ0v) is 11.8. The van der Waals surface area contributed by atoms with Crippen molar-refractivity contribution in [3.8, 4) is 5.75 Å². The first-order chi connectivity index (χ1) is 8.56. The van der Waals surface area contributed by atoms with E-state index >= 15 is 0 Å². The largest absolute Gasteiger partial charge is 0.486 e. The van der Waals surface area contributed by atoms with Crippen LogP contribution in [0.4, 0.5) is 0 Å². The van der Waals surface area contributed by atoms with Gasteiger partial charge in [-0.3, -0.25) is 0 Å². The summed E-state index contributed by atoms with van der Waals surface area (Å²) in [6.45, 7) is 6.50. The lowest BCUT2D eigenvalue weighted by atomic mass is 10.1. The van der Waals surface area contributed by atoms with Crippen LogP contribution in [0, 0.1) is 13.8 Å². The average Bonchev–Trinajstić information content (AvgIpc) is 2.72. The summed E-state index contributed by atoms with van der Waals surface area (Å²) in [5.74, 6) is 0.859. The van der Waals surface area contributed by atoms with Crippen LogP contribution in [-0.2, 0) is 6.61 Å². The number of ether oxygens (including phenoxy) is 1. The first-order valence-corrected chi connectivity index (χ1v) is 6.84. The molecule has 0 unspecified atom stereocenters. The number of hydrogen-bond donors (Lipinski definition) is 1. The second kappa shape index (κ2) is 5.50. The molecule has 0 aliphatic carbocycles. The van der Waals surface area contributed by atoms with Crippen molar-refractivity contribution < 1.29 is 4.74 Å². The third kappa shape index (κ3) is 3.09. The van der Waals surface area contributed by atoms with Gasteiger partial charge in [0.25, 0.3) is 0 Å². The zero-order valence-electron chi connectivity index (χ0n) is 10.9. The van der Waals surface area contributed by atoms with Crippen LogP contribution in [0.5, 0.6) is 5.75 Å². The highest BCUT2D eigenvalue weighted by Crippen LogP contribution is 2.26. The molecule has 3 nitrogen and oxygen atoms in total. The van der Waals surface area contributed by atoms with Crippen molar-refractivity contribution in [1.29, 1.82) is 0 Å². The Morgan fingerprint density at radius 2 is 2.17 bits per heavy atom. The smallest absolute Gasteiger partial charge is 0.140 e. The molecule has 1 aromatic carbocycles. The number of nitrogens with zero attached hydrogens (tertiary/aromatic N) is 1. The van der Waals surface area contributed by atoms with Crippen molar-refractivity contribution in [1.82, 2.24) is 4.98 Å². The van der Waals surface area contributed by atoms with Gasteiger partial charge in [0.2, 0.25) is 0 Å². The van der Waals surface area contributed by atoms with Crippen LogP contribution in [0.15, 0.2) is 23.6 Å². The molecule has 4 heteroatoms. The van der Waals surface area contributed by atoms with Crippen molar-refractivity contribution in [2.45, 2.75) is 33.4 Å². The highest BCUT2D eigenvalue weighted by atomic mass is 32.1. The molecule has 1 heterocycles. The van der Waals surface area contributed by atoms with E-state index in [1.54, 1.807) is 11.3 Å². The molecule has 2 aromatic rings. The van der Waals surface area contributed by atoms with Crippen molar-refractivity contribution in [3.05, 3.63) is 45.4 Å². The maximum atomic E-state index is 5.94. The molecular formula is C14H18N2OS. The van der Waals surface area contributed by atoms with Crippen molar-refractivity contribution in [2.24, 2.45) is 5.73 Å². The first kappa shape index (κ1) is 13.1. The van der Waals surface area contributed by atoms with E-state index in [4.69, 9.17) is 10.5 Å². The van der Waals surface area contributed by atoms with Crippen LogP contribution < -0.4 is 10.5 Å². The number of hydrogen-bond acceptors (Lipinski definition) is 4. The quantitative estimate of drug-likeness (QED) is 0.919. The number of aryl methyl sites for hydroxylation is 2. The number of aromatic nitrogens is 1. The number of rotatable bonds is 4. The van der Waals surface area contributed by atoms with Crippen molar-refractivity contribution in [2.75, 3.05) is 0 Å². The van der Waals surface area contributed by atoms with Gasteiger partial charge in [-0.25, -0.2) is 4.98 Å². The molecule has 96 valence electrons. The van der Waals surface area contributed by atoms with Crippen LogP contribution in [0.2, 0.25) is 0 Å². The molecule has 0 amide bonds. The van der Waals surface area contributed by atoms with Gasteiger partial charge in [-0.15, -0.1) is 11.3 Å². The SMILES string of the molecule is Cc1ccc([C@@H](C)N)c(OCc2nc(C)cs2)c1. The van der Waals surface area contributed by atoms with E-state index in [0.717, 1.165) is 22.0 Å². The minimum absolute atomic E-state index is 0.0290. The first-order valence-electron chi connectivity index (χ1n) is 5.96. The fourth-order valence-electron chi connectivity index (χ4n) is 1.75. The molecule has 0 spiro atoms. The van der Waals surface area contributed by atoms with Gasteiger partial charge in [0.05, 0.1) is 0 Å². The van der Waals surface area contributed by atoms with E-state index in [2.05, 4.69) is 11.1 Å².